The molecule has 0 fully saturated rings. The highest BCUT2D eigenvalue weighted by atomic mass is 79.9. The van der Waals surface area contributed by atoms with Gasteiger partial charge in [-0.2, -0.15) is 0 Å². The van der Waals surface area contributed by atoms with Crippen LogP contribution >= 0.6 is 15.9 Å². The third kappa shape index (κ3) is 4.64. The first-order valence-electron chi connectivity index (χ1n) is 7.79. The lowest BCUT2D eigenvalue weighted by molar-refractivity contribution is 0.102. The van der Waals surface area contributed by atoms with E-state index < -0.39 is 0 Å². The molecule has 126 valence electrons. The van der Waals surface area contributed by atoms with Gasteiger partial charge in [0, 0.05) is 16.4 Å². The molecule has 0 saturated heterocycles. The van der Waals surface area contributed by atoms with Gasteiger partial charge in [-0.3, -0.25) is 9.78 Å². The summed E-state index contributed by atoms with van der Waals surface area (Å²) in [5.41, 5.74) is 3.97. The van der Waals surface area contributed by atoms with Gasteiger partial charge >= 0.3 is 0 Å². The van der Waals surface area contributed by atoms with E-state index in [4.69, 9.17) is 0 Å². The number of pyridine rings is 2. The number of carbonyl (C=O) groups excluding carboxylic acids is 1. The van der Waals surface area contributed by atoms with Gasteiger partial charge in [-0.25, -0.2) is 4.98 Å². The first-order valence-corrected chi connectivity index (χ1v) is 8.58. The average Bonchev–Trinajstić information content (AvgIpc) is 2.64. The van der Waals surface area contributed by atoms with Crippen LogP contribution in [0.15, 0.2) is 65.4 Å². The summed E-state index contributed by atoms with van der Waals surface area (Å²) in [6.45, 7) is 2.60. The number of hydrogen-bond donors (Lipinski definition) is 2. The van der Waals surface area contributed by atoms with Crippen molar-refractivity contribution in [2.24, 2.45) is 0 Å². The molecule has 1 amide bonds. The van der Waals surface area contributed by atoms with Crippen molar-refractivity contribution < 1.29 is 4.79 Å². The van der Waals surface area contributed by atoms with Crippen LogP contribution in [0.5, 0.6) is 0 Å². The van der Waals surface area contributed by atoms with Crippen LogP contribution in [0.1, 0.15) is 21.7 Å². The van der Waals surface area contributed by atoms with Crippen LogP contribution in [0.2, 0.25) is 0 Å². The Balaban J connectivity index is 1.61. The second-order valence-electron chi connectivity index (χ2n) is 5.52. The van der Waals surface area contributed by atoms with Crippen LogP contribution in [0.3, 0.4) is 0 Å². The van der Waals surface area contributed by atoms with Crippen LogP contribution in [0, 0.1) is 6.92 Å². The zero-order valence-electron chi connectivity index (χ0n) is 13.7. The first kappa shape index (κ1) is 17.1. The Morgan fingerprint density at radius 2 is 1.92 bits per heavy atom. The van der Waals surface area contributed by atoms with Crippen LogP contribution in [0.25, 0.3) is 0 Å². The van der Waals surface area contributed by atoms with E-state index in [1.165, 1.54) is 0 Å². The molecular formula is C19H17BrN4O. The molecule has 0 aliphatic heterocycles. The van der Waals surface area contributed by atoms with Crippen molar-refractivity contribution >= 4 is 33.2 Å². The molecule has 2 N–H and O–H groups in total. The van der Waals surface area contributed by atoms with Crippen molar-refractivity contribution in [1.29, 1.82) is 0 Å². The molecule has 0 saturated carbocycles. The Kier molecular flexibility index (Phi) is 5.40. The number of aryl methyl sites for hydroxylation is 1. The average molecular weight is 397 g/mol. The third-order valence-electron chi connectivity index (χ3n) is 3.63. The smallest absolute Gasteiger partial charge is 0.274 e. The number of carbonyl (C=O) groups is 1. The highest BCUT2D eigenvalue weighted by Crippen LogP contribution is 2.21. The molecule has 0 radical (unpaired) electrons. The topological polar surface area (TPSA) is 66.9 Å². The molecule has 3 rings (SSSR count). The quantitative estimate of drug-likeness (QED) is 0.669. The summed E-state index contributed by atoms with van der Waals surface area (Å²) in [7, 11) is 0. The van der Waals surface area contributed by atoms with Crippen LogP contribution in [-0.4, -0.2) is 15.9 Å². The molecular weight excluding hydrogens is 380 g/mol. The summed E-state index contributed by atoms with van der Waals surface area (Å²) in [4.78, 5) is 20.8. The minimum absolute atomic E-state index is 0.243. The van der Waals surface area contributed by atoms with Crippen LogP contribution < -0.4 is 10.6 Å². The number of aromatic nitrogens is 2. The van der Waals surface area contributed by atoms with E-state index in [9.17, 15) is 4.79 Å². The Bertz CT molecular complexity index is 866. The number of rotatable bonds is 5. The van der Waals surface area contributed by atoms with E-state index >= 15 is 0 Å². The van der Waals surface area contributed by atoms with Crippen molar-refractivity contribution in [3.8, 4) is 0 Å². The number of nitrogens with zero attached hydrogens (tertiary/aromatic N) is 2. The Hall–Kier alpha value is -2.73. The molecule has 3 aromatic rings. The molecule has 0 unspecified atom stereocenters. The standard InChI is InChI=1S/C19H17BrN4O/c1-13-5-6-14(10-17(13)20)24-19(25)18-8-7-16(12-23-18)22-11-15-4-2-3-9-21-15/h2-10,12,22H,11H2,1H3,(H,24,25). The fourth-order valence-electron chi connectivity index (χ4n) is 2.19. The van der Waals surface area contributed by atoms with Gasteiger partial charge in [0.25, 0.3) is 5.91 Å². The summed E-state index contributed by atoms with van der Waals surface area (Å²) >= 11 is 3.46. The van der Waals surface area contributed by atoms with Gasteiger partial charge in [0.2, 0.25) is 0 Å². The lowest BCUT2D eigenvalue weighted by Crippen LogP contribution is -2.13. The minimum atomic E-state index is -0.243. The Labute approximate surface area is 154 Å². The van der Waals surface area contributed by atoms with Crippen molar-refractivity contribution in [3.63, 3.8) is 0 Å². The van der Waals surface area contributed by atoms with Gasteiger partial charge in [0.05, 0.1) is 24.1 Å². The van der Waals surface area contributed by atoms with E-state index in [-0.39, 0.29) is 5.91 Å². The fourth-order valence-corrected chi connectivity index (χ4v) is 2.57. The Morgan fingerprint density at radius 1 is 1.08 bits per heavy atom. The number of hydrogen-bond acceptors (Lipinski definition) is 4. The molecule has 5 nitrogen and oxygen atoms in total. The molecule has 0 atom stereocenters. The lowest BCUT2D eigenvalue weighted by atomic mass is 10.2. The highest BCUT2D eigenvalue weighted by Gasteiger charge is 2.08. The third-order valence-corrected chi connectivity index (χ3v) is 4.48. The summed E-state index contributed by atoms with van der Waals surface area (Å²) in [5, 5.41) is 6.07. The van der Waals surface area contributed by atoms with E-state index in [1.807, 2.05) is 49.4 Å². The zero-order chi connectivity index (χ0) is 17.6. The second-order valence-corrected chi connectivity index (χ2v) is 6.38. The van der Waals surface area contributed by atoms with Gasteiger partial charge in [-0.15, -0.1) is 0 Å². The predicted octanol–water partition coefficient (Wildman–Crippen LogP) is 4.41. The number of amides is 1. The monoisotopic (exact) mass is 396 g/mol. The first-order chi connectivity index (χ1) is 12.1. The van der Waals surface area contributed by atoms with Crippen LogP contribution in [-0.2, 0) is 6.54 Å². The molecule has 0 aliphatic carbocycles. The van der Waals surface area contributed by atoms with Gasteiger partial charge in [-0.1, -0.05) is 28.1 Å². The van der Waals surface area contributed by atoms with Crippen molar-refractivity contribution in [1.82, 2.24) is 9.97 Å². The number of benzene rings is 1. The van der Waals surface area contributed by atoms with Crippen molar-refractivity contribution in [2.75, 3.05) is 10.6 Å². The molecule has 2 heterocycles. The normalized spacial score (nSPS) is 10.3. The molecule has 0 aliphatic rings. The Morgan fingerprint density at radius 3 is 2.60 bits per heavy atom. The van der Waals surface area contributed by atoms with E-state index in [1.54, 1.807) is 18.5 Å². The van der Waals surface area contributed by atoms with Crippen LogP contribution in [0.4, 0.5) is 11.4 Å². The number of halogens is 1. The molecule has 0 spiro atoms. The maximum atomic E-state index is 12.3. The molecule has 2 aromatic heterocycles. The highest BCUT2D eigenvalue weighted by molar-refractivity contribution is 9.10. The molecule has 0 bridgehead atoms. The minimum Gasteiger partial charge on any atom is -0.378 e. The molecule has 25 heavy (non-hydrogen) atoms. The second kappa shape index (κ2) is 7.90. The number of anilines is 2. The SMILES string of the molecule is Cc1ccc(NC(=O)c2ccc(NCc3ccccn3)cn2)cc1Br. The van der Waals surface area contributed by atoms with Gasteiger partial charge < -0.3 is 10.6 Å². The van der Waals surface area contributed by atoms with E-state index in [2.05, 4.69) is 36.5 Å². The summed E-state index contributed by atoms with van der Waals surface area (Å²) in [6.07, 6.45) is 3.40. The largest absolute Gasteiger partial charge is 0.378 e. The maximum absolute atomic E-state index is 12.3. The van der Waals surface area contributed by atoms with Gasteiger partial charge in [0.1, 0.15) is 5.69 Å². The fraction of sp³-hybridized carbons (Fsp3) is 0.105. The predicted molar refractivity (Wildman–Crippen MR) is 103 cm³/mol. The van der Waals surface area contributed by atoms with Crippen molar-refractivity contribution in [2.45, 2.75) is 13.5 Å². The van der Waals surface area contributed by atoms with Crippen molar-refractivity contribution in [3.05, 3.63) is 82.3 Å². The van der Waals surface area contributed by atoms with Gasteiger partial charge in [0.15, 0.2) is 0 Å². The summed E-state index contributed by atoms with van der Waals surface area (Å²) in [5.74, 6) is -0.243. The van der Waals surface area contributed by atoms with Gasteiger partial charge in [-0.05, 0) is 48.9 Å². The summed E-state index contributed by atoms with van der Waals surface area (Å²) in [6, 6.07) is 15.0. The van der Waals surface area contributed by atoms with E-state index in [0.717, 1.165) is 27.1 Å². The lowest BCUT2D eigenvalue weighted by Gasteiger charge is -2.08. The maximum Gasteiger partial charge on any atom is 0.274 e. The summed E-state index contributed by atoms with van der Waals surface area (Å²) < 4.78 is 0.951. The zero-order valence-corrected chi connectivity index (χ0v) is 15.2. The molecule has 6 heteroatoms. The van der Waals surface area contributed by atoms with E-state index in [0.29, 0.717) is 12.2 Å². The molecule has 1 aromatic carbocycles. The number of nitrogens with one attached hydrogen (secondary N) is 2.